The van der Waals surface area contributed by atoms with Crippen molar-refractivity contribution in [2.75, 3.05) is 26.2 Å². The van der Waals surface area contributed by atoms with E-state index in [1.807, 2.05) is 0 Å². The monoisotopic (exact) mass is 406 g/mol. The molecule has 6 nitrogen and oxygen atoms in total. The number of rotatable bonds is 5. The first-order valence-corrected chi connectivity index (χ1v) is 9.21. The Balaban J connectivity index is 1.51. The van der Waals surface area contributed by atoms with Crippen LogP contribution in [-0.2, 0) is 11.2 Å². The van der Waals surface area contributed by atoms with Crippen LogP contribution in [0.5, 0.6) is 0 Å². The Kier molecular flexibility index (Phi) is 6.48. The van der Waals surface area contributed by atoms with Gasteiger partial charge in [0.25, 0.3) is 5.91 Å². The second kappa shape index (κ2) is 9.04. The van der Waals surface area contributed by atoms with E-state index in [1.54, 1.807) is 34.3 Å². The number of aromatic nitrogens is 1. The van der Waals surface area contributed by atoms with Crippen molar-refractivity contribution in [3.05, 3.63) is 65.2 Å². The van der Waals surface area contributed by atoms with E-state index in [4.69, 9.17) is 5.73 Å². The normalized spacial score (nSPS) is 15.3. The molecule has 154 valence electrons. The molecule has 1 atom stereocenters. The number of halogens is 3. The number of carbonyl (C=O) groups excluding carboxylic acids is 2. The maximum atomic E-state index is 13.7. The predicted octanol–water partition coefficient (Wildman–Crippen LogP) is 1.74. The Morgan fingerprint density at radius 2 is 1.55 bits per heavy atom. The zero-order chi connectivity index (χ0) is 21.0. The fraction of sp³-hybridized carbons (Fsp3) is 0.350. The van der Waals surface area contributed by atoms with Crippen LogP contribution in [0.15, 0.2) is 36.7 Å². The van der Waals surface area contributed by atoms with Gasteiger partial charge in [0.1, 0.15) is 5.82 Å². The summed E-state index contributed by atoms with van der Waals surface area (Å²) in [5.74, 6) is -3.67. The van der Waals surface area contributed by atoms with E-state index < -0.39 is 23.5 Å². The van der Waals surface area contributed by atoms with Gasteiger partial charge in [0, 0.05) is 62.7 Å². The molecule has 29 heavy (non-hydrogen) atoms. The van der Waals surface area contributed by atoms with E-state index in [0.717, 1.165) is 6.07 Å². The predicted molar refractivity (Wildman–Crippen MR) is 99.3 cm³/mol. The Morgan fingerprint density at radius 1 is 0.966 bits per heavy atom. The Labute approximate surface area is 166 Å². The van der Waals surface area contributed by atoms with Gasteiger partial charge >= 0.3 is 0 Å². The number of benzene rings is 1. The van der Waals surface area contributed by atoms with E-state index >= 15 is 0 Å². The first-order chi connectivity index (χ1) is 13.8. The van der Waals surface area contributed by atoms with Gasteiger partial charge in [-0.3, -0.25) is 14.6 Å². The number of piperazine rings is 1. The van der Waals surface area contributed by atoms with Gasteiger partial charge < -0.3 is 15.5 Å². The Hall–Kier alpha value is -2.94. The summed E-state index contributed by atoms with van der Waals surface area (Å²) < 4.78 is 40.0. The number of amides is 2. The van der Waals surface area contributed by atoms with Crippen LogP contribution in [0.4, 0.5) is 13.2 Å². The Morgan fingerprint density at radius 3 is 2.21 bits per heavy atom. The molecule has 0 unspecified atom stereocenters. The molecule has 1 aliphatic rings. The molecule has 0 saturated carbocycles. The van der Waals surface area contributed by atoms with Gasteiger partial charge in [0.2, 0.25) is 5.91 Å². The van der Waals surface area contributed by atoms with Crippen molar-refractivity contribution < 1.29 is 22.8 Å². The van der Waals surface area contributed by atoms with Crippen LogP contribution in [-0.4, -0.2) is 58.8 Å². The zero-order valence-corrected chi connectivity index (χ0v) is 15.7. The van der Waals surface area contributed by atoms with Crippen LogP contribution < -0.4 is 5.73 Å². The maximum absolute atomic E-state index is 13.7. The van der Waals surface area contributed by atoms with Crippen molar-refractivity contribution in [2.45, 2.75) is 18.9 Å². The second-order valence-corrected chi connectivity index (χ2v) is 6.93. The summed E-state index contributed by atoms with van der Waals surface area (Å²) in [6, 6.07) is 3.77. The largest absolute Gasteiger partial charge is 0.339 e. The summed E-state index contributed by atoms with van der Waals surface area (Å²) in [6.07, 6.45) is 2.94. The lowest BCUT2D eigenvalue weighted by molar-refractivity contribution is -0.133. The average Bonchev–Trinajstić information content (AvgIpc) is 2.72. The zero-order valence-electron chi connectivity index (χ0n) is 15.7. The lowest BCUT2D eigenvalue weighted by Gasteiger charge is -2.35. The van der Waals surface area contributed by atoms with E-state index in [-0.39, 0.29) is 30.2 Å². The molecule has 3 rings (SSSR count). The lowest BCUT2D eigenvalue weighted by Crippen LogP contribution is -2.51. The molecule has 1 fully saturated rings. The fourth-order valence-corrected chi connectivity index (χ4v) is 3.26. The maximum Gasteiger partial charge on any atom is 0.254 e. The van der Waals surface area contributed by atoms with Crippen molar-refractivity contribution in [1.29, 1.82) is 0 Å². The molecule has 2 amide bonds. The minimum atomic E-state index is -1.27. The number of hydrogen-bond donors (Lipinski definition) is 1. The summed E-state index contributed by atoms with van der Waals surface area (Å²) in [4.78, 5) is 32.0. The minimum absolute atomic E-state index is 0.0588. The van der Waals surface area contributed by atoms with Crippen LogP contribution in [0.3, 0.4) is 0 Å². The molecule has 2 heterocycles. The number of nitrogens with zero attached hydrogens (tertiary/aromatic N) is 3. The van der Waals surface area contributed by atoms with Crippen molar-refractivity contribution >= 4 is 11.8 Å². The summed E-state index contributed by atoms with van der Waals surface area (Å²) >= 11 is 0. The van der Waals surface area contributed by atoms with E-state index in [0.29, 0.717) is 37.8 Å². The van der Waals surface area contributed by atoms with Crippen LogP contribution in [0.1, 0.15) is 22.3 Å². The van der Waals surface area contributed by atoms with Crippen molar-refractivity contribution in [3.8, 4) is 0 Å². The highest BCUT2D eigenvalue weighted by Gasteiger charge is 2.26. The van der Waals surface area contributed by atoms with Gasteiger partial charge in [0.05, 0.1) is 0 Å². The molecule has 1 aromatic heterocycles. The van der Waals surface area contributed by atoms with Gasteiger partial charge in [-0.25, -0.2) is 13.2 Å². The molecule has 0 spiro atoms. The molecule has 2 N–H and O–H groups in total. The smallest absolute Gasteiger partial charge is 0.254 e. The highest BCUT2D eigenvalue weighted by atomic mass is 19.2. The first kappa shape index (κ1) is 20.8. The number of hydrogen-bond acceptors (Lipinski definition) is 4. The molecule has 1 aliphatic heterocycles. The molecular weight excluding hydrogens is 385 g/mol. The van der Waals surface area contributed by atoms with Crippen molar-refractivity contribution in [2.24, 2.45) is 5.73 Å². The van der Waals surface area contributed by atoms with Gasteiger partial charge in [-0.1, -0.05) is 0 Å². The summed E-state index contributed by atoms with van der Waals surface area (Å²) in [5, 5.41) is 0. The highest BCUT2D eigenvalue weighted by Crippen LogP contribution is 2.16. The molecule has 0 bridgehead atoms. The third-order valence-electron chi connectivity index (χ3n) is 4.86. The molecule has 1 aromatic carbocycles. The van der Waals surface area contributed by atoms with Crippen LogP contribution in [0.2, 0.25) is 0 Å². The average molecular weight is 406 g/mol. The molecular formula is C20H21F3N4O2. The lowest BCUT2D eigenvalue weighted by atomic mass is 10.0. The SMILES string of the molecule is N[C@@H](CC(=O)N1CCN(C(=O)c2ccncc2)CC1)Cc1cc(F)c(F)cc1F. The standard InChI is InChI=1S/C20H21F3N4O2/c21-16-12-18(23)17(22)10-14(16)9-15(24)11-19(28)26-5-7-27(8-6-26)20(29)13-1-3-25-4-2-13/h1-4,10,12,15H,5-9,11,24H2/t15-/m1/s1. The summed E-state index contributed by atoms with van der Waals surface area (Å²) in [6.45, 7) is 1.50. The van der Waals surface area contributed by atoms with Crippen molar-refractivity contribution in [3.63, 3.8) is 0 Å². The molecule has 0 radical (unpaired) electrons. The first-order valence-electron chi connectivity index (χ1n) is 9.21. The summed E-state index contributed by atoms with van der Waals surface area (Å²) in [5.41, 5.74) is 6.39. The number of nitrogens with two attached hydrogens (primary N) is 1. The van der Waals surface area contributed by atoms with E-state index in [9.17, 15) is 22.8 Å². The number of carbonyl (C=O) groups is 2. The van der Waals surface area contributed by atoms with Crippen LogP contribution >= 0.6 is 0 Å². The van der Waals surface area contributed by atoms with E-state index in [1.165, 1.54) is 0 Å². The van der Waals surface area contributed by atoms with Crippen LogP contribution in [0.25, 0.3) is 0 Å². The molecule has 0 aliphatic carbocycles. The fourth-order valence-electron chi connectivity index (χ4n) is 3.26. The quantitative estimate of drug-likeness (QED) is 0.768. The Bertz CT molecular complexity index is 887. The third-order valence-corrected chi connectivity index (χ3v) is 4.86. The molecule has 9 heteroatoms. The molecule has 1 saturated heterocycles. The third kappa shape index (κ3) is 5.11. The van der Waals surface area contributed by atoms with Gasteiger partial charge in [-0.2, -0.15) is 0 Å². The summed E-state index contributed by atoms with van der Waals surface area (Å²) in [7, 11) is 0. The van der Waals surface area contributed by atoms with Gasteiger partial charge in [0.15, 0.2) is 11.6 Å². The topological polar surface area (TPSA) is 79.5 Å². The van der Waals surface area contributed by atoms with E-state index in [2.05, 4.69) is 4.98 Å². The molecule has 2 aromatic rings. The minimum Gasteiger partial charge on any atom is -0.339 e. The van der Waals surface area contributed by atoms with Gasteiger partial charge in [-0.15, -0.1) is 0 Å². The van der Waals surface area contributed by atoms with Gasteiger partial charge in [-0.05, 0) is 30.2 Å². The number of pyridine rings is 1. The second-order valence-electron chi connectivity index (χ2n) is 6.93. The van der Waals surface area contributed by atoms with Crippen molar-refractivity contribution in [1.82, 2.24) is 14.8 Å². The highest BCUT2D eigenvalue weighted by molar-refractivity contribution is 5.94. The van der Waals surface area contributed by atoms with Crippen LogP contribution in [0, 0.1) is 17.5 Å².